The minimum Gasteiger partial charge on any atom is -0.389 e. The van der Waals surface area contributed by atoms with Gasteiger partial charge in [0.2, 0.25) is 0 Å². The Morgan fingerprint density at radius 3 is 2.88 bits per heavy atom. The van der Waals surface area contributed by atoms with Crippen LogP contribution in [0.25, 0.3) is 0 Å². The number of hydrogen-bond acceptors (Lipinski definition) is 4. The van der Waals surface area contributed by atoms with Crippen molar-refractivity contribution < 1.29 is 9.84 Å². The minimum atomic E-state index is -0.346. The first-order chi connectivity index (χ1) is 7.63. The lowest BCUT2D eigenvalue weighted by molar-refractivity contribution is 0.0104. The Bertz CT molecular complexity index is 188. The third-order valence-electron chi connectivity index (χ3n) is 3.19. The Morgan fingerprint density at radius 1 is 1.50 bits per heavy atom. The lowest BCUT2D eigenvalue weighted by Gasteiger charge is -2.36. The van der Waals surface area contributed by atoms with Crippen LogP contribution >= 0.6 is 0 Å². The standard InChI is InChI=1S/C12H26N2O2/c1-4-16-10-12(15)9-14-7-5-6-11(8-14)13(2)3/h11-12,15H,4-10H2,1-3H3. The van der Waals surface area contributed by atoms with Crippen molar-refractivity contribution in [2.75, 3.05) is 46.9 Å². The van der Waals surface area contributed by atoms with Gasteiger partial charge < -0.3 is 14.7 Å². The summed E-state index contributed by atoms with van der Waals surface area (Å²) >= 11 is 0. The summed E-state index contributed by atoms with van der Waals surface area (Å²) < 4.78 is 5.22. The van der Waals surface area contributed by atoms with E-state index in [0.717, 1.165) is 19.6 Å². The second-order valence-corrected chi connectivity index (χ2v) is 4.83. The van der Waals surface area contributed by atoms with Gasteiger partial charge in [-0.15, -0.1) is 0 Å². The van der Waals surface area contributed by atoms with Crippen LogP contribution in [-0.4, -0.2) is 74.0 Å². The molecule has 1 heterocycles. The maximum Gasteiger partial charge on any atom is 0.0900 e. The van der Waals surface area contributed by atoms with Crippen LogP contribution in [0.15, 0.2) is 0 Å². The van der Waals surface area contributed by atoms with Crippen molar-refractivity contribution in [1.82, 2.24) is 9.80 Å². The van der Waals surface area contributed by atoms with E-state index in [-0.39, 0.29) is 6.10 Å². The number of β-amino-alcohol motifs (C(OH)–C–C–N with tert-alkyl or cyclic N) is 1. The van der Waals surface area contributed by atoms with Crippen LogP contribution in [0.3, 0.4) is 0 Å². The first kappa shape index (κ1) is 13.9. The van der Waals surface area contributed by atoms with Crippen molar-refractivity contribution in [2.24, 2.45) is 0 Å². The molecule has 0 saturated carbocycles. The molecule has 1 aliphatic heterocycles. The van der Waals surface area contributed by atoms with E-state index >= 15 is 0 Å². The molecule has 0 bridgehead atoms. The fraction of sp³-hybridized carbons (Fsp3) is 1.00. The zero-order valence-corrected chi connectivity index (χ0v) is 10.9. The van der Waals surface area contributed by atoms with Crippen molar-refractivity contribution in [3.63, 3.8) is 0 Å². The first-order valence-corrected chi connectivity index (χ1v) is 6.28. The highest BCUT2D eigenvalue weighted by molar-refractivity contribution is 4.79. The third-order valence-corrected chi connectivity index (χ3v) is 3.19. The van der Waals surface area contributed by atoms with E-state index in [4.69, 9.17) is 4.74 Å². The van der Waals surface area contributed by atoms with Gasteiger partial charge in [-0.1, -0.05) is 0 Å². The van der Waals surface area contributed by atoms with Crippen LogP contribution < -0.4 is 0 Å². The van der Waals surface area contributed by atoms with E-state index in [1.165, 1.54) is 12.8 Å². The molecule has 2 atom stereocenters. The van der Waals surface area contributed by atoms with Gasteiger partial charge in [0.05, 0.1) is 12.7 Å². The number of likely N-dealkylation sites (N-methyl/N-ethyl adjacent to an activating group) is 1. The molecule has 96 valence electrons. The summed E-state index contributed by atoms with van der Waals surface area (Å²) in [5.41, 5.74) is 0. The molecule has 0 radical (unpaired) electrons. The quantitative estimate of drug-likeness (QED) is 0.717. The molecular formula is C12H26N2O2. The summed E-state index contributed by atoms with van der Waals surface area (Å²) in [5.74, 6) is 0. The number of aliphatic hydroxyl groups is 1. The maximum absolute atomic E-state index is 9.78. The molecule has 0 aliphatic carbocycles. The summed E-state index contributed by atoms with van der Waals surface area (Å²) in [7, 11) is 4.26. The van der Waals surface area contributed by atoms with Crippen molar-refractivity contribution in [1.29, 1.82) is 0 Å². The highest BCUT2D eigenvalue weighted by Crippen LogP contribution is 2.13. The van der Waals surface area contributed by atoms with Gasteiger partial charge in [-0.3, -0.25) is 4.90 Å². The molecule has 1 saturated heterocycles. The lowest BCUT2D eigenvalue weighted by Crippen LogP contribution is -2.47. The molecule has 0 amide bonds. The van der Waals surface area contributed by atoms with E-state index in [2.05, 4.69) is 23.9 Å². The van der Waals surface area contributed by atoms with Crippen LogP contribution in [0, 0.1) is 0 Å². The molecule has 0 aromatic carbocycles. The van der Waals surface area contributed by atoms with Crippen LogP contribution in [0.5, 0.6) is 0 Å². The van der Waals surface area contributed by atoms with Gasteiger partial charge in [0.15, 0.2) is 0 Å². The van der Waals surface area contributed by atoms with Crippen molar-refractivity contribution in [3.8, 4) is 0 Å². The Hall–Kier alpha value is -0.160. The van der Waals surface area contributed by atoms with E-state index in [0.29, 0.717) is 19.3 Å². The molecule has 1 N–H and O–H groups in total. The Kier molecular flexibility index (Phi) is 6.28. The Labute approximate surface area is 99.2 Å². The number of nitrogens with zero attached hydrogens (tertiary/aromatic N) is 2. The van der Waals surface area contributed by atoms with Gasteiger partial charge in [0.1, 0.15) is 0 Å². The van der Waals surface area contributed by atoms with Crippen molar-refractivity contribution >= 4 is 0 Å². The number of piperidine rings is 1. The monoisotopic (exact) mass is 230 g/mol. The second-order valence-electron chi connectivity index (χ2n) is 4.83. The zero-order chi connectivity index (χ0) is 12.0. The number of likely N-dealkylation sites (tertiary alicyclic amines) is 1. The van der Waals surface area contributed by atoms with E-state index in [1.807, 2.05) is 6.92 Å². The Balaban J connectivity index is 2.25. The number of hydrogen-bond donors (Lipinski definition) is 1. The highest BCUT2D eigenvalue weighted by atomic mass is 16.5. The van der Waals surface area contributed by atoms with Crippen molar-refractivity contribution in [3.05, 3.63) is 0 Å². The fourth-order valence-electron chi connectivity index (χ4n) is 2.22. The van der Waals surface area contributed by atoms with Gasteiger partial charge in [0.25, 0.3) is 0 Å². The van der Waals surface area contributed by atoms with Gasteiger partial charge in [-0.05, 0) is 40.4 Å². The summed E-state index contributed by atoms with van der Waals surface area (Å²) in [6, 6.07) is 0.632. The molecule has 0 aromatic heterocycles. The largest absolute Gasteiger partial charge is 0.389 e. The molecule has 0 aromatic rings. The molecule has 2 unspecified atom stereocenters. The van der Waals surface area contributed by atoms with Gasteiger partial charge in [-0.25, -0.2) is 0 Å². The molecule has 4 nitrogen and oxygen atoms in total. The molecule has 4 heteroatoms. The lowest BCUT2D eigenvalue weighted by atomic mass is 10.0. The minimum absolute atomic E-state index is 0.346. The summed E-state index contributed by atoms with van der Waals surface area (Å²) in [6.07, 6.45) is 2.15. The predicted molar refractivity (Wildman–Crippen MR) is 65.6 cm³/mol. The average Bonchev–Trinajstić information content (AvgIpc) is 2.26. The van der Waals surface area contributed by atoms with Crippen molar-refractivity contribution in [2.45, 2.75) is 31.9 Å². The molecule has 1 aliphatic rings. The maximum atomic E-state index is 9.78. The molecule has 1 fully saturated rings. The van der Waals surface area contributed by atoms with E-state index < -0.39 is 0 Å². The topological polar surface area (TPSA) is 35.9 Å². The zero-order valence-electron chi connectivity index (χ0n) is 10.9. The smallest absolute Gasteiger partial charge is 0.0900 e. The van der Waals surface area contributed by atoms with Crippen LogP contribution in [0.1, 0.15) is 19.8 Å². The third kappa shape index (κ3) is 4.78. The van der Waals surface area contributed by atoms with E-state index in [1.54, 1.807) is 0 Å². The molecule has 1 rings (SSSR count). The predicted octanol–water partition coefficient (Wildman–Crippen LogP) is 0.410. The number of ether oxygens (including phenoxy) is 1. The SMILES string of the molecule is CCOCC(O)CN1CCCC(N(C)C)C1. The van der Waals surface area contributed by atoms with Crippen LogP contribution in [-0.2, 0) is 4.74 Å². The fourth-order valence-corrected chi connectivity index (χ4v) is 2.22. The van der Waals surface area contributed by atoms with E-state index in [9.17, 15) is 5.11 Å². The second kappa shape index (κ2) is 7.22. The van der Waals surface area contributed by atoms with Gasteiger partial charge in [0, 0.05) is 25.7 Å². The number of rotatable bonds is 6. The van der Waals surface area contributed by atoms with Gasteiger partial charge in [-0.2, -0.15) is 0 Å². The van der Waals surface area contributed by atoms with Gasteiger partial charge >= 0.3 is 0 Å². The normalized spacial score (nSPS) is 24.9. The summed E-state index contributed by atoms with van der Waals surface area (Å²) in [6.45, 7) is 6.00. The first-order valence-electron chi connectivity index (χ1n) is 6.28. The highest BCUT2D eigenvalue weighted by Gasteiger charge is 2.22. The summed E-state index contributed by atoms with van der Waals surface area (Å²) in [4.78, 5) is 4.62. The van der Waals surface area contributed by atoms with Crippen LogP contribution in [0.4, 0.5) is 0 Å². The average molecular weight is 230 g/mol. The number of aliphatic hydroxyl groups excluding tert-OH is 1. The Morgan fingerprint density at radius 2 is 2.25 bits per heavy atom. The molecule has 16 heavy (non-hydrogen) atoms. The molecular weight excluding hydrogens is 204 g/mol. The van der Waals surface area contributed by atoms with Crippen LogP contribution in [0.2, 0.25) is 0 Å². The summed E-state index contributed by atoms with van der Waals surface area (Å²) in [5, 5.41) is 9.78. The molecule has 0 spiro atoms.